The van der Waals surface area contributed by atoms with Crippen molar-refractivity contribution in [3.05, 3.63) is 49.1 Å². The van der Waals surface area contributed by atoms with Crippen molar-refractivity contribution in [1.29, 1.82) is 0 Å². The molecule has 25 heavy (non-hydrogen) atoms. The second-order valence-corrected chi connectivity index (χ2v) is 5.55. The molecule has 0 bridgehead atoms. The van der Waals surface area contributed by atoms with Crippen molar-refractivity contribution in [1.82, 2.24) is 34.3 Å². The number of amides is 1. The van der Waals surface area contributed by atoms with E-state index in [1.54, 1.807) is 25.8 Å². The Morgan fingerprint density at radius 3 is 2.72 bits per heavy atom. The Labute approximate surface area is 142 Å². The van der Waals surface area contributed by atoms with Crippen molar-refractivity contribution >= 4 is 22.8 Å². The molecule has 9 nitrogen and oxygen atoms in total. The Hall–Kier alpha value is -3.62. The summed E-state index contributed by atoms with van der Waals surface area (Å²) in [7, 11) is 3.62. The van der Waals surface area contributed by atoms with E-state index in [9.17, 15) is 4.79 Å². The summed E-state index contributed by atoms with van der Waals surface area (Å²) in [6.07, 6.45) is 6.65. The number of aromatic nitrogens is 7. The minimum Gasteiger partial charge on any atom is -0.334 e. The number of nitrogens with one attached hydrogen (secondary N) is 1. The van der Waals surface area contributed by atoms with E-state index in [-0.39, 0.29) is 11.8 Å². The zero-order valence-corrected chi connectivity index (χ0v) is 13.6. The smallest absolute Gasteiger partial charge is 0.297 e. The van der Waals surface area contributed by atoms with E-state index in [0.717, 1.165) is 22.2 Å². The van der Waals surface area contributed by atoms with Gasteiger partial charge in [0.05, 0.1) is 23.7 Å². The average Bonchev–Trinajstić information content (AvgIpc) is 3.22. The molecule has 0 aliphatic heterocycles. The lowest BCUT2D eigenvalue weighted by atomic mass is 10.1. The number of nitrogens with zero attached hydrogens (tertiary/aromatic N) is 7. The Morgan fingerprint density at radius 1 is 1.12 bits per heavy atom. The summed E-state index contributed by atoms with van der Waals surface area (Å²) >= 11 is 0. The fourth-order valence-corrected chi connectivity index (χ4v) is 2.48. The van der Waals surface area contributed by atoms with Crippen LogP contribution in [0, 0.1) is 0 Å². The van der Waals surface area contributed by atoms with Crippen molar-refractivity contribution in [2.24, 2.45) is 14.1 Å². The topological polar surface area (TPSA) is 103 Å². The lowest BCUT2D eigenvalue weighted by Gasteiger charge is -2.06. The summed E-state index contributed by atoms with van der Waals surface area (Å²) < 4.78 is 3.38. The largest absolute Gasteiger partial charge is 0.334 e. The number of aryl methyl sites for hydroxylation is 2. The number of benzene rings is 1. The number of carbonyl (C=O) groups is 1. The molecule has 4 aromatic rings. The first kappa shape index (κ1) is 14.9. The highest BCUT2D eigenvalue weighted by Gasteiger charge is 2.13. The summed E-state index contributed by atoms with van der Waals surface area (Å²) in [4.78, 5) is 28.7. The molecule has 0 radical (unpaired) electrons. The standard InChI is InChI=1S/C16H14N8O/c1-23-8-17-7-13(23)10-3-4-11-6-18-16(20-12(11)5-10)21-15(25)14-19-9-24(2)22-14/h3-9H,1-2H3,(H,18,20,21,25). The van der Waals surface area contributed by atoms with Gasteiger partial charge in [-0.2, -0.15) is 0 Å². The molecule has 3 aromatic heterocycles. The molecule has 0 aliphatic carbocycles. The number of rotatable bonds is 3. The molecule has 0 saturated heterocycles. The first-order chi connectivity index (χ1) is 12.1. The lowest BCUT2D eigenvalue weighted by Crippen LogP contribution is -2.16. The number of imidazole rings is 1. The lowest BCUT2D eigenvalue weighted by molar-refractivity contribution is 0.101. The summed E-state index contributed by atoms with van der Waals surface area (Å²) in [5, 5.41) is 7.44. The molecule has 1 N–H and O–H groups in total. The van der Waals surface area contributed by atoms with Gasteiger partial charge in [0, 0.05) is 31.2 Å². The highest BCUT2D eigenvalue weighted by molar-refractivity contribution is 6.00. The van der Waals surface area contributed by atoms with Crippen LogP contribution in [0.4, 0.5) is 5.95 Å². The van der Waals surface area contributed by atoms with Crippen LogP contribution in [0.1, 0.15) is 10.6 Å². The molecule has 0 atom stereocenters. The maximum Gasteiger partial charge on any atom is 0.297 e. The molecular formula is C16H14N8O. The Balaban J connectivity index is 1.67. The maximum atomic E-state index is 12.1. The Bertz CT molecular complexity index is 1080. The van der Waals surface area contributed by atoms with Gasteiger partial charge >= 0.3 is 0 Å². The van der Waals surface area contributed by atoms with E-state index in [1.165, 1.54) is 11.0 Å². The van der Waals surface area contributed by atoms with Crippen molar-refractivity contribution in [3.63, 3.8) is 0 Å². The normalized spacial score (nSPS) is 11.0. The van der Waals surface area contributed by atoms with Gasteiger partial charge in [0.2, 0.25) is 11.8 Å². The van der Waals surface area contributed by atoms with Gasteiger partial charge in [0.15, 0.2) is 0 Å². The van der Waals surface area contributed by atoms with E-state index in [2.05, 4.69) is 30.4 Å². The van der Waals surface area contributed by atoms with Crippen LogP contribution in [-0.2, 0) is 14.1 Å². The summed E-state index contributed by atoms with van der Waals surface area (Å²) in [5.41, 5.74) is 2.68. The van der Waals surface area contributed by atoms with Crippen LogP contribution in [0.2, 0.25) is 0 Å². The van der Waals surface area contributed by atoms with Crippen LogP contribution < -0.4 is 5.32 Å². The third kappa shape index (κ3) is 2.82. The maximum absolute atomic E-state index is 12.1. The Kier molecular flexibility index (Phi) is 3.46. The zero-order chi connectivity index (χ0) is 17.4. The molecule has 0 fully saturated rings. The van der Waals surface area contributed by atoms with Crippen molar-refractivity contribution in [3.8, 4) is 11.3 Å². The molecule has 1 amide bonds. The predicted molar refractivity (Wildman–Crippen MR) is 90.7 cm³/mol. The van der Waals surface area contributed by atoms with Gasteiger partial charge in [-0.15, -0.1) is 5.10 Å². The average molecular weight is 334 g/mol. The fraction of sp³-hybridized carbons (Fsp3) is 0.125. The van der Waals surface area contributed by atoms with E-state index in [0.29, 0.717) is 0 Å². The fourth-order valence-electron chi connectivity index (χ4n) is 2.48. The minimum atomic E-state index is -0.456. The van der Waals surface area contributed by atoms with Crippen LogP contribution in [0.5, 0.6) is 0 Å². The van der Waals surface area contributed by atoms with Gasteiger partial charge in [-0.25, -0.2) is 19.9 Å². The molecule has 3 heterocycles. The Morgan fingerprint density at radius 2 is 2.00 bits per heavy atom. The highest BCUT2D eigenvalue weighted by Crippen LogP contribution is 2.23. The molecule has 0 unspecified atom stereocenters. The predicted octanol–water partition coefficient (Wildman–Crippen LogP) is 1.41. The molecule has 124 valence electrons. The first-order valence-corrected chi connectivity index (χ1v) is 7.50. The molecule has 1 aromatic carbocycles. The quantitative estimate of drug-likeness (QED) is 0.607. The van der Waals surface area contributed by atoms with E-state index in [1.807, 2.05) is 29.8 Å². The van der Waals surface area contributed by atoms with Crippen molar-refractivity contribution in [2.45, 2.75) is 0 Å². The SMILES string of the molecule is Cn1cnc(C(=O)Nc2ncc3ccc(-c4cncn4C)cc3n2)n1. The van der Waals surface area contributed by atoms with Gasteiger partial charge in [-0.1, -0.05) is 12.1 Å². The zero-order valence-electron chi connectivity index (χ0n) is 13.6. The molecule has 0 spiro atoms. The number of anilines is 1. The molecular weight excluding hydrogens is 320 g/mol. The highest BCUT2D eigenvalue weighted by atomic mass is 16.2. The van der Waals surface area contributed by atoms with Crippen LogP contribution in [0.3, 0.4) is 0 Å². The molecule has 9 heteroatoms. The van der Waals surface area contributed by atoms with E-state index in [4.69, 9.17) is 0 Å². The van der Waals surface area contributed by atoms with Crippen molar-refractivity contribution in [2.75, 3.05) is 5.32 Å². The van der Waals surface area contributed by atoms with Gasteiger partial charge < -0.3 is 4.57 Å². The second-order valence-electron chi connectivity index (χ2n) is 5.55. The number of hydrogen-bond donors (Lipinski definition) is 1. The minimum absolute atomic E-state index is 0.0647. The molecule has 0 aliphatic rings. The van der Waals surface area contributed by atoms with Crippen LogP contribution in [-0.4, -0.2) is 40.2 Å². The van der Waals surface area contributed by atoms with Gasteiger partial charge in [-0.05, 0) is 6.07 Å². The third-order valence-electron chi connectivity index (χ3n) is 3.72. The van der Waals surface area contributed by atoms with Crippen LogP contribution >= 0.6 is 0 Å². The molecule has 0 saturated carbocycles. The summed E-state index contributed by atoms with van der Waals surface area (Å²) in [6.45, 7) is 0. The third-order valence-corrected chi connectivity index (χ3v) is 3.72. The van der Waals surface area contributed by atoms with Gasteiger partial charge in [0.1, 0.15) is 6.33 Å². The molecule has 4 rings (SSSR count). The first-order valence-electron chi connectivity index (χ1n) is 7.50. The van der Waals surface area contributed by atoms with E-state index < -0.39 is 5.91 Å². The van der Waals surface area contributed by atoms with E-state index >= 15 is 0 Å². The van der Waals surface area contributed by atoms with Crippen LogP contribution in [0.25, 0.3) is 22.2 Å². The number of fused-ring (bicyclic) bond motifs is 1. The summed E-state index contributed by atoms with van der Waals surface area (Å²) in [6, 6.07) is 5.85. The van der Waals surface area contributed by atoms with Crippen molar-refractivity contribution < 1.29 is 4.79 Å². The summed E-state index contributed by atoms with van der Waals surface area (Å²) in [5.74, 6) is -0.190. The second kappa shape index (κ2) is 5.78. The van der Waals surface area contributed by atoms with Gasteiger partial charge in [0.25, 0.3) is 5.91 Å². The van der Waals surface area contributed by atoms with Crippen LogP contribution in [0.15, 0.2) is 43.2 Å². The monoisotopic (exact) mass is 334 g/mol. The number of carbonyl (C=O) groups excluding carboxylic acids is 1. The number of hydrogen-bond acceptors (Lipinski definition) is 6. The van der Waals surface area contributed by atoms with Gasteiger partial charge in [-0.3, -0.25) is 14.8 Å².